The molecule has 6 heteroatoms. The highest BCUT2D eigenvalue weighted by Gasteiger charge is 2.20. The van der Waals surface area contributed by atoms with Crippen molar-refractivity contribution >= 4 is 17.9 Å². The van der Waals surface area contributed by atoms with Gasteiger partial charge in [-0.3, -0.25) is 14.4 Å². The van der Waals surface area contributed by atoms with Crippen LogP contribution in [0, 0.1) is 0 Å². The van der Waals surface area contributed by atoms with Crippen LogP contribution in [-0.2, 0) is 28.6 Å². The highest BCUT2D eigenvalue weighted by Crippen LogP contribution is 2.20. The number of rotatable bonds is 69. The molecular weight excluding hydrogens is 973 g/mol. The maximum Gasteiger partial charge on any atom is 0.306 e. The molecule has 0 heterocycles. The lowest BCUT2D eigenvalue weighted by molar-refractivity contribution is -0.167. The van der Waals surface area contributed by atoms with Crippen molar-refractivity contribution in [1.82, 2.24) is 0 Å². The molecule has 1 atom stereocenters. The Labute approximate surface area is 495 Å². The average Bonchev–Trinajstić information content (AvgIpc) is 3.45. The second-order valence-corrected chi connectivity index (χ2v) is 25.2. The van der Waals surface area contributed by atoms with Gasteiger partial charge in [-0.25, -0.2) is 0 Å². The van der Waals surface area contributed by atoms with Crippen molar-refractivity contribution in [1.29, 1.82) is 0 Å². The number of hydrogen-bond donors (Lipinski definition) is 0. The summed E-state index contributed by atoms with van der Waals surface area (Å²) in [6, 6.07) is 0. The van der Waals surface area contributed by atoms with Gasteiger partial charge >= 0.3 is 17.9 Å². The van der Waals surface area contributed by atoms with Gasteiger partial charge in [0.05, 0.1) is 0 Å². The lowest BCUT2D eigenvalue weighted by Crippen LogP contribution is -2.30. The zero-order valence-corrected chi connectivity index (χ0v) is 54.2. The summed E-state index contributed by atoms with van der Waals surface area (Å²) >= 11 is 0. The molecule has 0 N–H and O–H groups in total. The molecule has 0 saturated heterocycles. The van der Waals surface area contributed by atoms with Crippen LogP contribution in [-0.4, -0.2) is 37.2 Å². The minimum absolute atomic E-state index is 0.0600. The zero-order chi connectivity index (χ0) is 57.1. The minimum Gasteiger partial charge on any atom is -0.462 e. The Morgan fingerprint density at radius 2 is 0.342 bits per heavy atom. The van der Waals surface area contributed by atoms with Crippen LogP contribution in [0.2, 0.25) is 0 Å². The van der Waals surface area contributed by atoms with Crippen LogP contribution in [0.3, 0.4) is 0 Å². The highest BCUT2D eigenvalue weighted by molar-refractivity contribution is 5.71. The Balaban J connectivity index is 4.20. The van der Waals surface area contributed by atoms with E-state index in [9.17, 15) is 14.4 Å². The molecule has 0 aromatic heterocycles. The van der Waals surface area contributed by atoms with Gasteiger partial charge in [0.25, 0.3) is 0 Å². The van der Waals surface area contributed by atoms with E-state index in [0.29, 0.717) is 19.3 Å². The van der Waals surface area contributed by atoms with Crippen molar-refractivity contribution in [3.63, 3.8) is 0 Å². The predicted octanol–water partition coefficient (Wildman–Crippen LogP) is 25.0. The Kier molecular flexibility index (Phi) is 67.5. The monoisotopic (exact) mass is 1120 g/mol. The molecular formula is C73H142O6. The first-order chi connectivity index (χ1) is 39.0. The summed E-state index contributed by atoms with van der Waals surface area (Å²) in [5.74, 6) is -0.817. The van der Waals surface area contributed by atoms with E-state index < -0.39 is 6.10 Å². The van der Waals surface area contributed by atoms with E-state index in [-0.39, 0.29) is 31.1 Å². The van der Waals surface area contributed by atoms with Crippen molar-refractivity contribution < 1.29 is 28.6 Å². The summed E-state index contributed by atoms with van der Waals surface area (Å²) in [6.45, 7) is 6.75. The van der Waals surface area contributed by atoms with Gasteiger partial charge in [-0.1, -0.05) is 393 Å². The van der Waals surface area contributed by atoms with Crippen LogP contribution >= 0.6 is 0 Å². The molecule has 0 radical (unpaired) electrons. The summed E-state index contributed by atoms with van der Waals surface area (Å²) in [4.78, 5) is 38.5. The lowest BCUT2D eigenvalue weighted by atomic mass is 10.0. The van der Waals surface area contributed by atoms with E-state index >= 15 is 0 Å². The van der Waals surface area contributed by atoms with Gasteiger partial charge in [-0.15, -0.1) is 0 Å². The summed E-state index contributed by atoms with van der Waals surface area (Å²) in [5, 5.41) is 0. The molecule has 0 amide bonds. The molecule has 0 rings (SSSR count). The van der Waals surface area contributed by atoms with Crippen LogP contribution in [0.4, 0.5) is 0 Å². The van der Waals surface area contributed by atoms with Gasteiger partial charge in [0.15, 0.2) is 6.10 Å². The first-order valence-corrected chi connectivity index (χ1v) is 36.5. The summed E-state index contributed by atoms with van der Waals surface area (Å²) in [6.07, 6.45) is 81.4. The average molecular weight is 1120 g/mol. The molecule has 0 aliphatic rings. The molecule has 0 saturated carbocycles. The Bertz CT molecular complexity index is 1190. The van der Waals surface area contributed by atoms with Gasteiger partial charge in [0.2, 0.25) is 0 Å². The van der Waals surface area contributed by atoms with E-state index in [2.05, 4.69) is 20.8 Å². The van der Waals surface area contributed by atoms with E-state index in [4.69, 9.17) is 14.2 Å². The zero-order valence-electron chi connectivity index (χ0n) is 54.2. The topological polar surface area (TPSA) is 78.9 Å². The van der Waals surface area contributed by atoms with Crippen molar-refractivity contribution in [2.45, 2.75) is 438 Å². The molecule has 0 aromatic carbocycles. The fraction of sp³-hybridized carbons (Fsp3) is 0.959. The summed E-state index contributed by atoms with van der Waals surface area (Å²) < 4.78 is 17.0. The fourth-order valence-electron chi connectivity index (χ4n) is 11.6. The van der Waals surface area contributed by atoms with Gasteiger partial charge in [0, 0.05) is 19.3 Å². The Morgan fingerprint density at radius 3 is 0.506 bits per heavy atom. The summed E-state index contributed by atoms with van der Waals surface area (Å²) in [7, 11) is 0. The lowest BCUT2D eigenvalue weighted by Gasteiger charge is -2.18. The van der Waals surface area contributed by atoms with Gasteiger partial charge < -0.3 is 14.2 Å². The van der Waals surface area contributed by atoms with Crippen LogP contribution in [0.25, 0.3) is 0 Å². The number of ether oxygens (including phenoxy) is 3. The van der Waals surface area contributed by atoms with Crippen molar-refractivity contribution in [2.24, 2.45) is 0 Å². The molecule has 0 aliphatic carbocycles. The molecule has 1 unspecified atom stereocenters. The number of carbonyl (C=O) groups excluding carboxylic acids is 3. The van der Waals surface area contributed by atoms with E-state index in [1.54, 1.807) is 0 Å². The van der Waals surface area contributed by atoms with Gasteiger partial charge in [-0.2, -0.15) is 0 Å². The van der Waals surface area contributed by atoms with Gasteiger partial charge in [0.1, 0.15) is 13.2 Å². The smallest absolute Gasteiger partial charge is 0.306 e. The molecule has 0 spiro atoms. The quantitative estimate of drug-likeness (QED) is 0.0343. The minimum atomic E-state index is -0.763. The molecule has 0 aromatic rings. The second kappa shape index (κ2) is 68.9. The highest BCUT2D eigenvalue weighted by atomic mass is 16.6. The predicted molar refractivity (Wildman–Crippen MR) is 344 cm³/mol. The van der Waals surface area contributed by atoms with E-state index in [1.165, 1.54) is 334 Å². The summed E-state index contributed by atoms with van der Waals surface area (Å²) in [5.41, 5.74) is 0. The third-order valence-corrected chi connectivity index (χ3v) is 17.1. The molecule has 0 fully saturated rings. The van der Waals surface area contributed by atoms with Gasteiger partial charge in [-0.05, 0) is 19.3 Å². The maximum atomic E-state index is 13.0. The van der Waals surface area contributed by atoms with E-state index in [1.807, 2.05) is 0 Å². The number of hydrogen-bond acceptors (Lipinski definition) is 6. The SMILES string of the molecule is CCCCCCCCCCCCCCCCCCCCCCCCCCC(=O)OCC(COC(=O)CCCCCCCCCCCCCCCC)OC(=O)CCCCCCCCCCCCCCCCCCCCCCCCC. The molecule has 0 aliphatic heterocycles. The van der Waals surface area contributed by atoms with Crippen LogP contribution in [0.1, 0.15) is 432 Å². The third-order valence-electron chi connectivity index (χ3n) is 17.1. The Morgan fingerprint density at radius 1 is 0.203 bits per heavy atom. The van der Waals surface area contributed by atoms with Crippen molar-refractivity contribution in [2.75, 3.05) is 13.2 Å². The van der Waals surface area contributed by atoms with Crippen molar-refractivity contribution in [3.8, 4) is 0 Å². The maximum absolute atomic E-state index is 13.0. The second-order valence-electron chi connectivity index (χ2n) is 25.2. The fourth-order valence-corrected chi connectivity index (χ4v) is 11.6. The molecule has 79 heavy (non-hydrogen) atoms. The molecule has 0 bridgehead atoms. The van der Waals surface area contributed by atoms with Crippen LogP contribution < -0.4 is 0 Å². The first kappa shape index (κ1) is 77.4. The van der Waals surface area contributed by atoms with E-state index in [0.717, 1.165) is 57.8 Å². The normalized spacial score (nSPS) is 11.9. The van der Waals surface area contributed by atoms with Crippen LogP contribution in [0.5, 0.6) is 0 Å². The standard InChI is InChI=1S/C73H142O6/c1-4-7-10-13-16-19-22-25-28-30-32-34-36-38-39-41-43-45-48-51-54-57-60-63-66-72(75)78-69-70(68-77-71(74)65-62-59-56-53-50-47-27-24-21-18-15-12-9-6-3)79-73(76)67-64-61-58-55-52-49-46-44-42-40-37-35-33-31-29-26-23-20-17-14-11-8-5-2/h70H,4-69H2,1-3H3. The Hall–Kier alpha value is -1.59. The van der Waals surface area contributed by atoms with Crippen LogP contribution in [0.15, 0.2) is 0 Å². The molecule has 6 nitrogen and oxygen atoms in total. The number of carbonyl (C=O) groups is 3. The molecule has 470 valence electrons. The number of unbranched alkanes of at least 4 members (excludes halogenated alkanes) is 58. The largest absolute Gasteiger partial charge is 0.462 e. The van der Waals surface area contributed by atoms with Crippen molar-refractivity contribution in [3.05, 3.63) is 0 Å². The third kappa shape index (κ3) is 67.1. The first-order valence-electron chi connectivity index (χ1n) is 36.5. The number of esters is 3.